The van der Waals surface area contributed by atoms with Crippen LogP contribution in [0.4, 0.5) is 10.1 Å². The predicted molar refractivity (Wildman–Crippen MR) is 71.5 cm³/mol. The van der Waals surface area contributed by atoms with E-state index in [1.165, 1.54) is 11.0 Å². The van der Waals surface area contributed by atoms with E-state index < -0.39 is 17.6 Å². The van der Waals surface area contributed by atoms with Crippen molar-refractivity contribution in [1.29, 1.82) is 5.26 Å². The van der Waals surface area contributed by atoms with Gasteiger partial charge in [-0.1, -0.05) is 12.1 Å². The summed E-state index contributed by atoms with van der Waals surface area (Å²) < 4.78 is 14.0. The van der Waals surface area contributed by atoms with E-state index in [4.69, 9.17) is 5.26 Å². The Hall–Kier alpha value is -2.22. The molecule has 0 spiro atoms. The highest BCUT2D eigenvalue weighted by Gasteiger charge is 2.35. The minimum absolute atomic E-state index is 0.243. The van der Waals surface area contributed by atoms with Crippen LogP contribution in [0.15, 0.2) is 18.2 Å². The van der Waals surface area contributed by atoms with Gasteiger partial charge < -0.3 is 4.90 Å². The number of carbonyl (C=O) groups is 2. The van der Waals surface area contributed by atoms with Crippen molar-refractivity contribution in [2.24, 2.45) is 5.92 Å². The van der Waals surface area contributed by atoms with Gasteiger partial charge in [0, 0.05) is 6.54 Å². The first-order chi connectivity index (χ1) is 9.56. The quantitative estimate of drug-likeness (QED) is 0.795. The van der Waals surface area contributed by atoms with Gasteiger partial charge in [0.25, 0.3) is 0 Å². The lowest BCUT2D eigenvalue weighted by atomic mass is 9.91. The first-order valence-corrected chi connectivity index (χ1v) is 6.52. The third-order valence-corrected chi connectivity index (χ3v) is 3.54. The first-order valence-electron chi connectivity index (χ1n) is 6.52. The summed E-state index contributed by atoms with van der Waals surface area (Å²) in [6, 6.07) is 6.38. The zero-order valence-electron chi connectivity index (χ0n) is 11.2. The predicted octanol–water partition coefficient (Wildman–Crippen LogP) is 2.36. The minimum Gasteiger partial charge on any atom is -0.309 e. The molecular formula is C15H15FN2O2. The first kappa shape index (κ1) is 14.2. The van der Waals surface area contributed by atoms with Crippen molar-refractivity contribution in [2.45, 2.75) is 26.2 Å². The highest BCUT2D eigenvalue weighted by molar-refractivity contribution is 6.09. The van der Waals surface area contributed by atoms with Crippen LogP contribution in [0.25, 0.3) is 0 Å². The van der Waals surface area contributed by atoms with E-state index in [-0.39, 0.29) is 17.9 Å². The molecule has 1 aromatic rings. The van der Waals surface area contributed by atoms with E-state index in [1.54, 1.807) is 25.1 Å². The van der Waals surface area contributed by atoms with Crippen LogP contribution in [0, 0.1) is 30.0 Å². The molecule has 4 nitrogen and oxygen atoms in total. The number of nitriles is 1. The van der Waals surface area contributed by atoms with Crippen molar-refractivity contribution in [3.63, 3.8) is 0 Å². The highest BCUT2D eigenvalue weighted by Crippen LogP contribution is 2.30. The number of rotatable bonds is 3. The van der Waals surface area contributed by atoms with Crippen LogP contribution in [0.2, 0.25) is 0 Å². The summed E-state index contributed by atoms with van der Waals surface area (Å²) in [6.45, 7) is 2.13. The van der Waals surface area contributed by atoms with Gasteiger partial charge in [0.15, 0.2) is 5.78 Å². The van der Waals surface area contributed by atoms with E-state index in [0.717, 1.165) is 0 Å². The number of Topliss-reactive ketones (excluding diaryl/α,β-unsaturated/α-hetero) is 1. The summed E-state index contributed by atoms with van der Waals surface area (Å²) in [4.78, 5) is 25.5. The number of halogens is 1. The molecule has 0 bridgehead atoms. The zero-order chi connectivity index (χ0) is 14.7. The van der Waals surface area contributed by atoms with Crippen LogP contribution in [0.5, 0.6) is 0 Å². The lowest BCUT2D eigenvalue weighted by Gasteiger charge is -2.32. The number of benzene rings is 1. The van der Waals surface area contributed by atoms with E-state index in [0.29, 0.717) is 24.9 Å². The normalized spacial score (nSPS) is 18.8. The topological polar surface area (TPSA) is 61.2 Å². The molecule has 2 rings (SSSR count). The molecule has 0 aromatic heterocycles. The van der Waals surface area contributed by atoms with Crippen molar-refractivity contribution >= 4 is 17.4 Å². The number of para-hydroxylation sites is 1. The molecular weight excluding hydrogens is 259 g/mol. The molecule has 0 radical (unpaired) electrons. The number of nitrogens with zero attached hydrogens (tertiary/aromatic N) is 2. The van der Waals surface area contributed by atoms with Crippen molar-refractivity contribution in [2.75, 3.05) is 11.4 Å². The number of hydrogen-bond donors (Lipinski definition) is 0. The van der Waals surface area contributed by atoms with Gasteiger partial charge in [0.1, 0.15) is 5.82 Å². The molecule has 5 heteroatoms. The number of anilines is 1. The summed E-state index contributed by atoms with van der Waals surface area (Å²) in [7, 11) is 0. The van der Waals surface area contributed by atoms with Crippen molar-refractivity contribution in [3.05, 3.63) is 29.6 Å². The molecule has 0 aliphatic carbocycles. The van der Waals surface area contributed by atoms with Crippen LogP contribution in [-0.2, 0) is 9.59 Å². The molecule has 0 saturated carbocycles. The average molecular weight is 274 g/mol. The van der Waals surface area contributed by atoms with E-state index in [1.807, 2.05) is 0 Å². The largest absolute Gasteiger partial charge is 0.309 e. The number of carbonyl (C=O) groups excluding carboxylic acids is 2. The molecule has 1 atom stereocenters. The van der Waals surface area contributed by atoms with Gasteiger partial charge >= 0.3 is 0 Å². The maximum absolute atomic E-state index is 14.0. The summed E-state index contributed by atoms with van der Waals surface area (Å²) in [6.07, 6.45) is 0.783. The second-order valence-corrected chi connectivity index (χ2v) is 4.89. The third-order valence-electron chi connectivity index (χ3n) is 3.54. The highest BCUT2D eigenvalue weighted by atomic mass is 19.1. The molecule has 0 unspecified atom stereocenters. The third kappa shape index (κ3) is 2.55. The Labute approximate surface area is 116 Å². The van der Waals surface area contributed by atoms with Crippen LogP contribution in [-0.4, -0.2) is 18.2 Å². The zero-order valence-corrected chi connectivity index (χ0v) is 11.2. The SMILES string of the molecule is Cc1cccc(F)c1N1CCC[C@H](C(=O)CC#N)C1=O. The summed E-state index contributed by atoms with van der Waals surface area (Å²) in [5.74, 6) is -2.06. The van der Waals surface area contributed by atoms with Crippen LogP contribution in [0.3, 0.4) is 0 Å². The number of hydrogen-bond acceptors (Lipinski definition) is 3. The second-order valence-electron chi connectivity index (χ2n) is 4.89. The maximum Gasteiger partial charge on any atom is 0.237 e. The van der Waals surface area contributed by atoms with Crippen LogP contribution < -0.4 is 4.90 Å². The lowest BCUT2D eigenvalue weighted by Crippen LogP contribution is -2.45. The Bertz CT molecular complexity index is 572. The molecule has 1 amide bonds. The molecule has 1 aliphatic rings. The fourth-order valence-corrected chi connectivity index (χ4v) is 2.56. The van der Waals surface area contributed by atoms with Gasteiger partial charge in [-0.25, -0.2) is 4.39 Å². The van der Waals surface area contributed by atoms with E-state index >= 15 is 0 Å². The van der Waals surface area contributed by atoms with Crippen molar-refractivity contribution < 1.29 is 14.0 Å². The van der Waals surface area contributed by atoms with Gasteiger partial charge in [-0.05, 0) is 31.4 Å². The number of amides is 1. The number of ketones is 1. The van der Waals surface area contributed by atoms with E-state index in [2.05, 4.69) is 0 Å². The Balaban J connectivity index is 2.32. The fourth-order valence-electron chi connectivity index (χ4n) is 2.56. The van der Waals surface area contributed by atoms with E-state index in [9.17, 15) is 14.0 Å². The molecule has 1 heterocycles. The molecule has 1 saturated heterocycles. The standard InChI is InChI=1S/C15H15FN2O2/c1-10-4-2-6-12(16)14(10)18-9-3-5-11(15(18)20)13(19)7-8-17/h2,4,6,11H,3,5,7,9H2,1H3/t11-/m1/s1. The number of piperidine rings is 1. The number of aryl methyl sites for hydroxylation is 1. The van der Waals surface area contributed by atoms with Gasteiger partial charge in [-0.15, -0.1) is 0 Å². The van der Waals surface area contributed by atoms with Crippen molar-refractivity contribution in [3.8, 4) is 6.07 Å². The average Bonchev–Trinajstić information content (AvgIpc) is 2.40. The Kier molecular flexibility index (Phi) is 4.14. The Morgan fingerprint density at radius 1 is 1.55 bits per heavy atom. The van der Waals surface area contributed by atoms with Gasteiger partial charge in [0.2, 0.25) is 5.91 Å². The minimum atomic E-state index is -0.817. The van der Waals surface area contributed by atoms with Crippen molar-refractivity contribution in [1.82, 2.24) is 0 Å². The van der Waals surface area contributed by atoms with Gasteiger partial charge in [-0.2, -0.15) is 5.26 Å². The monoisotopic (exact) mass is 274 g/mol. The molecule has 1 aliphatic heterocycles. The molecule has 1 fully saturated rings. The molecule has 104 valence electrons. The van der Waals surface area contributed by atoms with Crippen LogP contribution >= 0.6 is 0 Å². The smallest absolute Gasteiger partial charge is 0.237 e. The summed E-state index contributed by atoms with van der Waals surface area (Å²) in [5.41, 5.74) is 0.902. The van der Waals surface area contributed by atoms with Gasteiger partial charge in [-0.3, -0.25) is 9.59 Å². The lowest BCUT2D eigenvalue weighted by molar-refractivity contribution is -0.133. The Morgan fingerprint density at radius 2 is 2.30 bits per heavy atom. The Morgan fingerprint density at radius 3 is 2.95 bits per heavy atom. The molecule has 0 N–H and O–H groups in total. The summed E-state index contributed by atoms with van der Waals surface area (Å²) in [5, 5.41) is 8.57. The molecule has 20 heavy (non-hydrogen) atoms. The molecule has 1 aromatic carbocycles. The van der Waals surface area contributed by atoms with Crippen LogP contribution in [0.1, 0.15) is 24.8 Å². The second kappa shape index (κ2) is 5.83. The summed E-state index contributed by atoms with van der Waals surface area (Å²) >= 11 is 0. The maximum atomic E-state index is 14.0. The van der Waals surface area contributed by atoms with Gasteiger partial charge in [0.05, 0.1) is 24.1 Å². The fraction of sp³-hybridized carbons (Fsp3) is 0.400.